The molecule has 2 aliphatic rings. The van der Waals surface area contributed by atoms with Crippen LogP contribution in [0.3, 0.4) is 0 Å². The van der Waals surface area contributed by atoms with Gasteiger partial charge in [0.2, 0.25) is 5.91 Å². The lowest BCUT2D eigenvalue weighted by Crippen LogP contribution is -2.36. The number of rotatable bonds is 7. The molecule has 0 saturated heterocycles. The largest absolute Gasteiger partial charge is 0.446 e. The van der Waals surface area contributed by atoms with E-state index in [2.05, 4.69) is 25.8 Å². The van der Waals surface area contributed by atoms with E-state index in [-0.39, 0.29) is 30.1 Å². The molecule has 2 aromatic rings. The maximum atomic E-state index is 12.2. The van der Waals surface area contributed by atoms with Gasteiger partial charge in [0.25, 0.3) is 0 Å². The number of aromatic amines is 1. The first kappa shape index (κ1) is 20.7. The van der Waals surface area contributed by atoms with Crippen molar-refractivity contribution in [1.82, 2.24) is 20.5 Å². The second kappa shape index (κ2) is 8.63. The number of aromatic nitrogens is 3. The van der Waals surface area contributed by atoms with E-state index >= 15 is 0 Å². The van der Waals surface area contributed by atoms with Crippen molar-refractivity contribution in [2.45, 2.75) is 63.5 Å². The average Bonchev–Trinajstić information content (AvgIpc) is 3.02. The van der Waals surface area contributed by atoms with E-state index in [1.54, 1.807) is 18.3 Å². The zero-order valence-electron chi connectivity index (χ0n) is 16.9. The summed E-state index contributed by atoms with van der Waals surface area (Å²) >= 11 is 5.92. The molecule has 0 bridgehead atoms. The Morgan fingerprint density at radius 2 is 2.17 bits per heavy atom. The molecule has 4 rings (SSSR count). The highest BCUT2D eigenvalue weighted by molar-refractivity contribution is 6.30. The predicted octanol–water partition coefficient (Wildman–Crippen LogP) is 3.63. The SMILES string of the molecule is CC1(NC(=O)O[C@@H]2CC[C@H](Cc3cc(NC(=O)Cc4cc(Cl)ccn4)n[nH]3)C2)CC1. The molecule has 2 aromatic heterocycles. The molecule has 2 saturated carbocycles. The van der Waals surface area contributed by atoms with Crippen LogP contribution in [0.4, 0.5) is 10.6 Å². The lowest BCUT2D eigenvalue weighted by atomic mass is 10.0. The van der Waals surface area contributed by atoms with Crippen LogP contribution in [0.5, 0.6) is 0 Å². The summed E-state index contributed by atoms with van der Waals surface area (Å²) in [5, 5.41) is 13.4. The van der Waals surface area contributed by atoms with Crippen LogP contribution in [0.25, 0.3) is 0 Å². The van der Waals surface area contributed by atoms with E-state index in [4.69, 9.17) is 16.3 Å². The normalized spacial score (nSPS) is 21.8. The number of ether oxygens (including phenoxy) is 1. The van der Waals surface area contributed by atoms with Gasteiger partial charge in [0.15, 0.2) is 5.82 Å². The first-order valence-electron chi connectivity index (χ1n) is 10.3. The number of pyridine rings is 1. The van der Waals surface area contributed by atoms with Crippen molar-refractivity contribution in [3.63, 3.8) is 0 Å². The molecule has 2 amide bonds. The van der Waals surface area contributed by atoms with Crippen LogP contribution in [0.2, 0.25) is 5.02 Å². The number of alkyl carbamates (subject to hydrolysis) is 1. The number of hydrogen-bond acceptors (Lipinski definition) is 5. The van der Waals surface area contributed by atoms with Gasteiger partial charge in [-0.15, -0.1) is 0 Å². The van der Waals surface area contributed by atoms with Crippen LogP contribution < -0.4 is 10.6 Å². The Balaban J connectivity index is 1.21. The number of nitrogens with zero attached hydrogens (tertiary/aromatic N) is 2. The molecule has 0 unspecified atom stereocenters. The summed E-state index contributed by atoms with van der Waals surface area (Å²) in [5.74, 6) is 0.700. The molecule has 8 nitrogen and oxygen atoms in total. The van der Waals surface area contributed by atoms with Gasteiger partial charge in [0.1, 0.15) is 6.10 Å². The summed E-state index contributed by atoms with van der Waals surface area (Å²) in [4.78, 5) is 28.3. The van der Waals surface area contributed by atoms with E-state index in [1.807, 2.05) is 13.0 Å². The third-order valence-corrected chi connectivity index (χ3v) is 5.93. The molecule has 160 valence electrons. The Kier molecular flexibility index (Phi) is 5.94. The minimum absolute atomic E-state index is 0.0374. The van der Waals surface area contributed by atoms with Gasteiger partial charge in [-0.2, -0.15) is 5.10 Å². The summed E-state index contributed by atoms with van der Waals surface area (Å²) in [6.45, 7) is 2.03. The molecule has 0 aromatic carbocycles. The fraction of sp³-hybridized carbons (Fsp3) is 0.524. The second-order valence-corrected chi connectivity index (χ2v) is 9.00. The minimum atomic E-state index is -0.304. The molecule has 30 heavy (non-hydrogen) atoms. The van der Waals surface area contributed by atoms with Gasteiger partial charge in [0.05, 0.1) is 12.1 Å². The highest BCUT2D eigenvalue weighted by Crippen LogP contribution is 2.35. The molecule has 2 aliphatic carbocycles. The van der Waals surface area contributed by atoms with Gasteiger partial charge in [-0.1, -0.05) is 11.6 Å². The Morgan fingerprint density at radius 1 is 1.33 bits per heavy atom. The molecular weight excluding hydrogens is 406 g/mol. The summed E-state index contributed by atoms with van der Waals surface area (Å²) < 4.78 is 5.57. The predicted molar refractivity (Wildman–Crippen MR) is 112 cm³/mol. The topological polar surface area (TPSA) is 109 Å². The van der Waals surface area contributed by atoms with Crippen LogP contribution >= 0.6 is 11.6 Å². The molecule has 3 N–H and O–H groups in total. The van der Waals surface area contributed by atoms with E-state index < -0.39 is 0 Å². The maximum absolute atomic E-state index is 12.2. The van der Waals surface area contributed by atoms with Gasteiger partial charge >= 0.3 is 6.09 Å². The van der Waals surface area contributed by atoms with Crippen LogP contribution in [-0.2, 0) is 22.4 Å². The first-order valence-corrected chi connectivity index (χ1v) is 10.7. The summed E-state index contributed by atoms with van der Waals surface area (Å²) in [6.07, 6.45) is 6.91. The number of nitrogens with one attached hydrogen (secondary N) is 3. The molecule has 0 radical (unpaired) electrons. The number of anilines is 1. The van der Waals surface area contributed by atoms with Gasteiger partial charge in [-0.05, 0) is 63.5 Å². The highest BCUT2D eigenvalue weighted by Gasteiger charge is 2.40. The standard InChI is InChI=1S/C21H26ClN5O3/c1-21(5-6-21)25-20(29)30-17-3-2-13(9-17)8-16-11-18(27-26-16)24-19(28)12-15-10-14(22)4-7-23-15/h4,7,10-11,13,17H,2-3,5-6,8-9,12H2,1H3,(H,25,29)(H2,24,26,27,28)/t13-,17-/m1/s1. The van der Waals surface area contributed by atoms with Crippen LogP contribution in [0.1, 0.15) is 50.4 Å². The molecular formula is C21H26ClN5O3. The number of carbonyl (C=O) groups excluding carboxylic acids is 2. The van der Waals surface area contributed by atoms with Crippen molar-refractivity contribution in [2.75, 3.05) is 5.32 Å². The molecule has 2 fully saturated rings. The average molecular weight is 432 g/mol. The van der Waals surface area contributed by atoms with E-state index in [0.29, 0.717) is 22.5 Å². The fourth-order valence-corrected chi connectivity index (χ4v) is 3.98. The third kappa shape index (κ3) is 5.72. The molecule has 0 aliphatic heterocycles. The molecule has 2 heterocycles. The number of carbonyl (C=O) groups is 2. The Morgan fingerprint density at radius 3 is 2.93 bits per heavy atom. The van der Waals surface area contributed by atoms with Gasteiger partial charge in [0, 0.05) is 28.5 Å². The van der Waals surface area contributed by atoms with E-state index in [9.17, 15) is 9.59 Å². The first-order chi connectivity index (χ1) is 14.4. The lowest BCUT2D eigenvalue weighted by Gasteiger charge is -2.16. The van der Waals surface area contributed by atoms with Gasteiger partial charge in [-0.3, -0.25) is 14.9 Å². The maximum Gasteiger partial charge on any atom is 0.407 e. The van der Waals surface area contributed by atoms with Crippen molar-refractivity contribution in [1.29, 1.82) is 0 Å². The Hall–Kier alpha value is -2.61. The van der Waals surface area contributed by atoms with Crippen molar-refractivity contribution in [3.05, 3.63) is 40.8 Å². The third-order valence-electron chi connectivity index (χ3n) is 5.70. The smallest absolute Gasteiger partial charge is 0.407 e. The Bertz CT molecular complexity index is 927. The van der Waals surface area contributed by atoms with E-state index in [0.717, 1.165) is 44.2 Å². The number of amides is 2. The lowest BCUT2D eigenvalue weighted by molar-refractivity contribution is -0.115. The summed E-state index contributed by atoms with van der Waals surface area (Å²) in [5.41, 5.74) is 1.49. The summed E-state index contributed by atoms with van der Waals surface area (Å²) in [6, 6.07) is 5.18. The quantitative estimate of drug-likeness (QED) is 0.620. The van der Waals surface area contributed by atoms with Crippen LogP contribution in [-0.4, -0.2) is 38.8 Å². The molecule has 0 spiro atoms. The molecule has 2 atom stereocenters. The number of H-pyrrole nitrogens is 1. The Labute approximate surface area is 180 Å². The second-order valence-electron chi connectivity index (χ2n) is 8.56. The highest BCUT2D eigenvalue weighted by atomic mass is 35.5. The minimum Gasteiger partial charge on any atom is -0.446 e. The van der Waals surface area contributed by atoms with Gasteiger partial charge in [-0.25, -0.2) is 4.79 Å². The van der Waals surface area contributed by atoms with Crippen molar-refractivity contribution >= 4 is 29.4 Å². The van der Waals surface area contributed by atoms with Crippen LogP contribution in [0, 0.1) is 5.92 Å². The number of halogens is 1. The van der Waals surface area contributed by atoms with Crippen LogP contribution in [0.15, 0.2) is 24.4 Å². The zero-order valence-corrected chi connectivity index (χ0v) is 17.7. The zero-order chi connectivity index (χ0) is 21.1. The number of hydrogen-bond donors (Lipinski definition) is 3. The van der Waals surface area contributed by atoms with E-state index in [1.165, 1.54) is 0 Å². The molecule has 9 heteroatoms. The van der Waals surface area contributed by atoms with Crippen molar-refractivity contribution in [3.8, 4) is 0 Å². The fourth-order valence-electron chi connectivity index (χ4n) is 3.80. The van der Waals surface area contributed by atoms with Gasteiger partial charge < -0.3 is 15.4 Å². The monoisotopic (exact) mass is 431 g/mol. The van der Waals surface area contributed by atoms with Crippen molar-refractivity contribution in [2.24, 2.45) is 5.92 Å². The summed E-state index contributed by atoms with van der Waals surface area (Å²) in [7, 11) is 0. The van der Waals surface area contributed by atoms with Crippen molar-refractivity contribution < 1.29 is 14.3 Å².